The van der Waals surface area contributed by atoms with Crippen LogP contribution in [0, 0.1) is 0 Å². The molecule has 19 heteroatoms. The molecule has 0 aliphatic carbocycles. The van der Waals surface area contributed by atoms with Gasteiger partial charge in [0.25, 0.3) is 0 Å². The predicted octanol–water partition coefficient (Wildman–Crippen LogP) is 3.04. The molecule has 8 nitrogen and oxygen atoms in total. The summed E-state index contributed by atoms with van der Waals surface area (Å²) in [6.45, 7) is 0.0259. The second-order valence-corrected chi connectivity index (χ2v) is 7.31. The van der Waals surface area contributed by atoms with Crippen molar-refractivity contribution in [2.75, 3.05) is 13.2 Å². The van der Waals surface area contributed by atoms with Crippen molar-refractivity contribution in [2.24, 2.45) is 0 Å². The van der Waals surface area contributed by atoms with Gasteiger partial charge >= 0.3 is 41.3 Å². The normalized spacial score (nSPS) is 15.5. The molecule has 194 valence electrons. The molecule has 0 radical (unpaired) electrons. The van der Waals surface area contributed by atoms with Gasteiger partial charge in [-0.05, 0) is 6.42 Å². The number of ether oxygens (including phenoxy) is 3. The highest BCUT2D eigenvalue weighted by molar-refractivity contribution is 7.86. The Hall–Kier alpha value is -2.15. The highest BCUT2D eigenvalue weighted by Gasteiger charge is 2.69. The lowest BCUT2D eigenvalue weighted by Gasteiger charge is -2.33. The molecule has 33 heavy (non-hydrogen) atoms. The predicted molar refractivity (Wildman–Crippen MR) is 81.5 cm³/mol. The van der Waals surface area contributed by atoms with Crippen molar-refractivity contribution in [3.05, 3.63) is 12.2 Å². The van der Waals surface area contributed by atoms with Crippen molar-refractivity contribution in [2.45, 2.75) is 49.1 Å². The smallest absolute Gasteiger partial charge is 0.468 e. The van der Waals surface area contributed by atoms with E-state index < -0.39 is 76.6 Å². The Morgan fingerprint density at radius 3 is 1.79 bits per heavy atom. The monoisotopic (exact) mass is 531 g/mol. The molecule has 0 saturated heterocycles. The lowest BCUT2D eigenvalue weighted by Crippen LogP contribution is -2.59. The number of hydrogen-bond donors (Lipinski definition) is 0. The molecule has 0 aromatic carbocycles. The van der Waals surface area contributed by atoms with Crippen LogP contribution in [0.3, 0.4) is 0 Å². The first kappa shape index (κ1) is 30.9. The third-order valence-corrected chi connectivity index (χ3v) is 4.29. The molecular formula is C14H13F10O8S-. The third kappa shape index (κ3) is 6.92. The van der Waals surface area contributed by atoms with Crippen LogP contribution in [-0.4, -0.2) is 67.4 Å². The second-order valence-electron chi connectivity index (χ2n) is 5.89. The maximum Gasteiger partial charge on any atom is 0.468 e. The number of carbonyl (C=O) groups is 2. The van der Waals surface area contributed by atoms with E-state index in [2.05, 4.69) is 20.8 Å². The molecule has 0 aromatic rings. The van der Waals surface area contributed by atoms with E-state index in [1.54, 1.807) is 0 Å². The molecule has 0 bridgehead atoms. The van der Waals surface area contributed by atoms with E-state index >= 15 is 0 Å². The van der Waals surface area contributed by atoms with Gasteiger partial charge in [0.15, 0.2) is 10.1 Å². The zero-order valence-electron chi connectivity index (χ0n) is 16.0. The van der Waals surface area contributed by atoms with Crippen molar-refractivity contribution in [1.29, 1.82) is 0 Å². The summed E-state index contributed by atoms with van der Waals surface area (Å²) in [5.74, 6) is -16.8. The molecule has 0 rings (SSSR count). The number of rotatable bonds is 11. The molecule has 1 atom stereocenters. The largest absolute Gasteiger partial charge is 0.743 e. The minimum Gasteiger partial charge on any atom is -0.743 e. The quantitative estimate of drug-likeness (QED) is 0.131. The molecule has 0 amide bonds. The maximum atomic E-state index is 13.5. The maximum absolute atomic E-state index is 13.5. The fraction of sp³-hybridized carbons (Fsp3) is 0.714. The van der Waals surface area contributed by atoms with Gasteiger partial charge in [0.1, 0.15) is 5.57 Å². The minimum atomic E-state index is -7.05. The zero-order chi connectivity index (χ0) is 26.7. The van der Waals surface area contributed by atoms with Crippen molar-refractivity contribution >= 4 is 22.1 Å². The van der Waals surface area contributed by atoms with Crippen LogP contribution in [-0.2, 0) is 33.9 Å². The molecule has 0 fully saturated rings. The van der Waals surface area contributed by atoms with E-state index in [0.717, 1.165) is 0 Å². The molecule has 0 aliphatic heterocycles. The highest BCUT2D eigenvalue weighted by Crippen LogP contribution is 2.42. The molecule has 0 aliphatic rings. The number of halogens is 10. The van der Waals surface area contributed by atoms with E-state index in [1.165, 1.54) is 6.92 Å². The van der Waals surface area contributed by atoms with Gasteiger partial charge in [-0.25, -0.2) is 18.0 Å². The summed E-state index contributed by atoms with van der Waals surface area (Å²) < 4.78 is 173. The fourth-order valence-electron chi connectivity index (χ4n) is 1.63. The molecule has 0 spiro atoms. The fourth-order valence-corrected chi connectivity index (χ4v) is 2.10. The van der Waals surface area contributed by atoms with Gasteiger partial charge in [-0.2, -0.15) is 43.9 Å². The number of carbonyl (C=O) groups excluding carboxylic acids is 2. The number of hydrogen-bond acceptors (Lipinski definition) is 8. The van der Waals surface area contributed by atoms with E-state index in [1.807, 2.05) is 0 Å². The number of esters is 2. The molecule has 0 aromatic heterocycles. The van der Waals surface area contributed by atoms with Crippen LogP contribution in [0.25, 0.3) is 0 Å². The van der Waals surface area contributed by atoms with Crippen LogP contribution >= 0.6 is 0 Å². The average Bonchev–Trinajstić information content (AvgIpc) is 2.61. The van der Waals surface area contributed by atoms with Gasteiger partial charge < -0.3 is 18.8 Å². The van der Waals surface area contributed by atoms with E-state index in [-0.39, 0.29) is 6.42 Å². The molecule has 0 saturated carbocycles. The molecule has 1 unspecified atom stereocenters. The van der Waals surface area contributed by atoms with Crippen LogP contribution in [0.2, 0.25) is 0 Å². The van der Waals surface area contributed by atoms with Gasteiger partial charge in [-0.1, -0.05) is 13.5 Å². The topological polar surface area (TPSA) is 119 Å². The summed E-state index contributed by atoms with van der Waals surface area (Å²) in [7, 11) is -7.05. The minimum absolute atomic E-state index is 0.214. The third-order valence-electron chi connectivity index (χ3n) is 3.37. The van der Waals surface area contributed by atoms with Crippen LogP contribution in [0.15, 0.2) is 12.2 Å². The van der Waals surface area contributed by atoms with Gasteiger partial charge in [-0.3, -0.25) is 0 Å². The Kier molecular flexibility index (Phi) is 9.35. The van der Waals surface area contributed by atoms with Gasteiger partial charge in [0.2, 0.25) is 0 Å². The van der Waals surface area contributed by atoms with E-state index in [4.69, 9.17) is 0 Å². The first-order valence-corrected chi connectivity index (χ1v) is 9.47. The second kappa shape index (κ2) is 10.00. The summed E-state index contributed by atoms with van der Waals surface area (Å²) in [4.78, 5) is 23.3. The average molecular weight is 531 g/mol. The summed E-state index contributed by atoms with van der Waals surface area (Å²) in [6, 6.07) is 0. The summed E-state index contributed by atoms with van der Waals surface area (Å²) in [6.07, 6.45) is -15.0. The Bertz CT molecular complexity index is 849. The first-order chi connectivity index (χ1) is 14.5. The Balaban J connectivity index is 6.19. The highest BCUT2D eigenvalue weighted by atomic mass is 32.2. The summed E-state index contributed by atoms with van der Waals surface area (Å²) >= 11 is 0. The summed E-state index contributed by atoms with van der Waals surface area (Å²) in [5.41, 5.74) is -2.61. The molecular weight excluding hydrogens is 518 g/mol. The van der Waals surface area contributed by atoms with Crippen LogP contribution < -0.4 is 0 Å². The summed E-state index contributed by atoms with van der Waals surface area (Å²) in [5, 5.41) is -6.37. The van der Waals surface area contributed by atoms with Gasteiger partial charge in [0, 0.05) is 6.42 Å². The van der Waals surface area contributed by atoms with Crippen LogP contribution in [0.5, 0.6) is 0 Å². The molecule has 0 N–H and O–H groups in total. The van der Waals surface area contributed by atoms with Crippen molar-refractivity contribution in [3.8, 4) is 0 Å². The van der Waals surface area contributed by atoms with E-state index in [9.17, 15) is 66.5 Å². The Morgan fingerprint density at radius 1 is 0.939 bits per heavy atom. The van der Waals surface area contributed by atoms with Gasteiger partial charge in [0.05, 0.1) is 13.2 Å². The van der Waals surface area contributed by atoms with Crippen molar-refractivity contribution in [1.82, 2.24) is 0 Å². The van der Waals surface area contributed by atoms with Crippen LogP contribution in [0.1, 0.15) is 19.8 Å². The standard InChI is InChI=1S/C14H14F10O8S/c1-3-5-30-9(26)11(13(20,21)22,32-8(25)7(2)12(17,18)19)31-6-4-10(15,16)14(23,24)33(27,28)29/h2-6H2,1H3,(H,27,28,29)/p-1. The Labute approximate surface area is 178 Å². The SMILES string of the molecule is C=C(C(=O)OC(OCCC(F)(F)C(F)(F)S(=O)(=O)[O-])(C(=O)OCCC)C(F)(F)F)C(F)(F)F. The van der Waals surface area contributed by atoms with Crippen LogP contribution in [0.4, 0.5) is 43.9 Å². The van der Waals surface area contributed by atoms with Crippen molar-refractivity contribution in [3.63, 3.8) is 0 Å². The lowest BCUT2D eigenvalue weighted by molar-refractivity contribution is -0.357. The first-order valence-electron chi connectivity index (χ1n) is 8.06. The lowest BCUT2D eigenvalue weighted by atomic mass is 10.2. The van der Waals surface area contributed by atoms with E-state index in [0.29, 0.717) is 0 Å². The zero-order valence-corrected chi connectivity index (χ0v) is 16.8. The van der Waals surface area contributed by atoms with Crippen molar-refractivity contribution < 1.29 is 80.7 Å². The van der Waals surface area contributed by atoms with Gasteiger partial charge in [-0.15, -0.1) is 0 Å². The number of alkyl halides is 10. The Morgan fingerprint density at radius 2 is 1.42 bits per heavy atom. The molecule has 0 heterocycles.